The van der Waals surface area contributed by atoms with E-state index in [4.69, 9.17) is 14.2 Å². The molecule has 37 heavy (non-hydrogen) atoms. The van der Waals surface area contributed by atoms with Crippen LogP contribution >= 0.6 is 0 Å². The molecule has 3 aliphatic heterocycles. The Labute approximate surface area is 212 Å². The maximum atomic E-state index is 14.2. The number of rotatable bonds is 4. The second kappa shape index (κ2) is 8.63. The van der Waals surface area contributed by atoms with Gasteiger partial charge >= 0.3 is 5.97 Å². The summed E-state index contributed by atoms with van der Waals surface area (Å²) in [7, 11) is 1.26. The summed E-state index contributed by atoms with van der Waals surface area (Å²) in [6, 6.07) is 19.4. The average molecular weight is 501 g/mol. The molecular weight excluding hydrogens is 476 g/mol. The molecule has 3 aromatic carbocycles. The van der Waals surface area contributed by atoms with Crippen molar-refractivity contribution in [1.29, 1.82) is 0 Å². The number of fused-ring (bicyclic) bond motifs is 2. The van der Waals surface area contributed by atoms with Gasteiger partial charge in [-0.15, -0.1) is 0 Å². The minimum absolute atomic E-state index is 0.0623. The summed E-state index contributed by atoms with van der Waals surface area (Å²) in [6.07, 6.45) is 0. The van der Waals surface area contributed by atoms with Crippen molar-refractivity contribution in [3.05, 3.63) is 83.9 Å². The fraction of sp³-hybridized carbons (Fsp3) is 0.250. The molecule has 188 valence electrons. The number of phenolic OH excluding ortho intramolecular Hbond substituents is 1. The highest BCUT2D eigenvalue weighted by Crippen LogP contribution is 2.54. The number of nitrogens with zero attached hydrogens (tertiary/aromatic N) is 1. The lowest BCUT2D eigenvalue weighted by Gasteiger charge is -2.33. The molecule has 0 unspecified atom stereocenters. The predicted octanol–water partition coefficient (Wildman–Crippen LogP) is 2.68. The Morgan fingerprint density at radius 2 is 1.68 bits per heavy atom. The molecule has 2 saturated heterocycles. The van der Waals surface area contributed by atoms with E-state index in [9.17, 15) is 19.5 Å². The van der Waals surface area contributed by atoms with E-state index in [1.54, 1.807) is 54.6 Å². The van der Waals surface area contributed by atoms with E-state index < -0.39 is 41.2 Å². The number of amides is 2. The highest BCUT2D eigenvalue weighted by atomic mass is 16.6. The van der Waals surface area contributed by atoms with Gasteiger partial charge in [0.15, 0.2) is 17.0 Å². The van der Waals surface area contributed by atoms with Gasteiger partial charge in [0, 0.05) is 12.1 Å². The zero-order valence-electron chi connectivity index (χ0n) is 19.9. The fourth-order valence-electron chi connectivity index (χ4n) is 5.73. The largest absolute Gasteiger partial charge is 0.508 e. The topological polar surface area (TPSA) is 114 Å². The quantitative estimate of drug-likeness (QED) is 0.415. The van der Waals surface area contributed by atoms with Gasteiger partial charge in [0.05, 0.1) is 24.6 Å². The van der Waals surface area contributed by atoms with Crippen molar-refractivity contribution in [2.75, 3.05) is 25.2 Å². The maximum absolute atomic E-state index is 14.2. The number of ether oxygens (including phenoxy) is 3. The molecule has 0 bridgehead atoms. The van der Waals surface area contributed by atoms with E-state index in [1.165, 1.54) is 19.2 Å². The zero-order valence-corrected chi connectivity index (χ0v) is 19.9. The van der Waals surface area contributed by atoms with E-state index in [0.29, 0.717) is 41.5 Å². The van der Waals surface area contributed by atoms with Crippen molar-refractivity contribution in [1.82, 2.24) is 5.32 Å². The molecule has 0 aliphatic carbocycles. The molecule has 2 fully saturated rings. The van der Waals surface area contributed by atoms with Gasteiger partial charge in [-0.3, -0.25) is 14.9 Å². The molecule has 3 aliphatic rings. The first-order valence-electron chi connectivity index (χ1n) is 11.9. The number of imide groups is 1. The van der Waals surface area contributed by atoms with Crippen LogP contribution in [0, 0.1) is 11.8 Å². The van der Waals surface area contributed by atoms with Crippen LogP contribution in [-0.2, 0) is 24.7 Å². The summed E-state index contributed by atoms with van der Waals surface area (Å²) in [5.41, 5.74) is -0.105. The third-order valence-electron chi connectivity index (χ3n) is 7.33. The number of methoxy groups -OCH3 is 1. The SMILES string of the molecule is COC(=O)[C@@]1(c2ccccc2)N[C@@H](c2ccc(O)cc2)[C@H]2C(=O)N(c3ccc4c(c3)OCCO4)C(=O)[C@H]21. The monoisotopic (exact) mass is 500 g/mol. The number of nitrogens with one attached hydrogen (secondary N) is 1. The van der Waals surface area contributed by atoms with Gasteiger partial charge in [0.2, 0.25) is 11.8 Å². The molecule has 9 nitrogen and oxygen atoms in total. The van der Waals surface area contributed by atoms with Crippen molar-refractivity contribution >= 4 is 23.5 Å². The van der Waals surface area contributed by atoms with E-state index >= 15 is 0 Å². The fourth-order valence-corrected chi connectivity index (χ4v) is 5.73. The standard InChI is InChI=1S/C28H24N2O7/c1-35-27(34)28(17-5-3-2-4-6-17)23-22(24(29-28)16-7-10-19(31)11-8-16)25(32)30(26(23)33)18-9-12-20-21(15-18)37-14-13-36-20/h2-12,15,22-24,29,31H,13-14H2,1H3/t22-,23-,24-,28-/m0/s1. The van der Waals surface area contributed by atoms with Crippen LogP contribution in [0.25, 0.3) is 0 Å². The number of aromatic hydroxyl groups is 1. The number of carbonyl (C=O) groups is 3. The van der Waals surface area contributed by atoms with Gasteiger partial charge in [-0.2, -0.15) is 0 Å². The minimum atomic E-state index is -1.61. The molecule has 3 aromatic rings. The van der Waals surface area contributed by atoms with Crippen LogP contribution in [0.2, 0.25) is 0 Å². The molecular formula is C28H24N2O7. The molecule has 3 heterocycles. The Morgan fingerprint density at radius 3 is 2.38 bits per heavy atom. The first-order valence-corrected chi connectivity index (χ1v) is 11.9. The third-order valence-corrected chi connectivity index (χ3v) is 7.33. The molecule has 9 heteroatoms. The van der Waals surface area contributed by atoms with Crippen LogP contribution in [0.5, 0.6) is 17.2 Å². The van der Waals surface area contributed by atoms with Gasteiger partial charge in [-0.1, -0.05) is 42.5 Å². The number of anilines is 1. The van der Waals surface area contributed by atoms with Crippen LogP contribution in [0.3, 0.4) is 0 Å². The third kappa shape index (κ3) is 3.38. The Bertz CT molecular complexity index is 1390. The molecule has 0 spiro atoms. The van der Waals surface area contributed by atoms with Crippen LogP contribution in [0.15, 0.2) is 72.8 Å². The summed E-state index contributed by atoms with van der Waals surface area (Å²) in [4.78, 5) is 42.9. The van der Waals surface area contributed by atoms with Crippen LogP contribution in [0.1, 0.15) is 17.2 Å². The number of benzene rings is 3. The summed E-state index contributed by atoms with van der Waals surface area (Å²) in [6.45, 7) is 0.771. The summed E-state index contributed by atoms with van der Waals surface area (Å²) in [5.74, 6) is -2.59. The average Bonchev–Trinajstić information content (AvgIpc) is 3.43. The van der Waals surface area contributed by atoms with Crippen molar-refractivity contribution < 1.29 is 33.7 Å². The van der Waals surface area contributed by atoms with Gasteiger partial charge in [-0.25, -0.2) is 9.69 Å². The smallest absolute Gasteiger partial charge is 0.331 e. The van der Waals surface area contributed by atoms with E-state index in [-0.39, 0.29) is 5.75 Å². The molecule has 0 radical (unpaired) electrons. The van der Waals surface area contributed by atoms with Crippen molar-refractivity contribution in [2.45, 2.75) is 11.6 Å². The second-order valence-corrected chi connectivity index (χ2v) is 9.22. The van der Waals surface area contributed by atoms with Crippen LogP contribution < -0.4 is 19.7 Å². The second-order valence-electron chi connectivity index (χ2n) is 9.22. The maximum Gasteiger partial charge on any atom is 0.331 e. The minimum Gasteiger partial charge on any atom is -0.508 e. The van der Waals surface area contributed by atoms with Gasteiger partial charge in [0.25, 0.3) is 0 Å². The Hall–Kier alpha value is -4.37. The zero-order chi connectivity index (χ0) is 25.7. The molecule has 4 atom stereocenters. The number of hydrogen-bond donors (Lipinski definition) is 2. The van der Waals surface area contributed by atoms with Crippen LogP contribution in [-0.4, -0.2) is 43.2 Å². The normalized spacial score (nSPS) is 26.2. The highest BCUT2D eigenvalue weighted by molar-refractivity contribution is 6.24. The lowest BCUT2D eigenvalue weighted by molar-refractivity contribution is -0.152. The van der Waals surface area contributed by atoms with Crippen molar-refractivity contribution in [3.8, 4) is 17.2 Å². The Morgan fingerprint density at radius 1 is 0.973 bits per heavy atom. The summed E-state index contributed by atoms with van der Waals surface area (Å²) >= 11 is 0. The molecule has 6 rings (SSSR count). The lowest BCUT2D eigenvalue weighted by atomic mass is 9.75. The number of esters is 1. The summed E-state index contributed by atoms with van der Waals surface area (Å²) < 4.78 is 16.5. The number of phenols is 1. The Balaban J connectivity index is 1.52. The van der Waals surface area contributed by atoms with Gasteiger partial charge in [0.1, 0.15) is 19.0 Å². The molecule has 0 saturated carbocycles. The van der Waals surface area contributed by atoms with Crippen molar-refractivity contribution in [2.24, 2.45) is 11.8 Å². The van der Waals surface area contributed by atoms with E-state index in [2.05, 4.69) is 5.32 Å². The predicted molar refractivity (Wildman–Crippen MR) is 131 cm³/mol. The van der Waals surface area contributed by atoms with Gasteiger partial charge in [-0.05, 0) is 35.4 Å². The lowest BCUT2D eigenvalue weighted by Crippen LogP contribution is -2.53. The number of hydrogen-bond acceptors (Lipinski definition) is 8. The Kier molecular flexibility index (Phi) is 5.38. The van der Waals surface area contributed by atoms with Gasteiger partial charge < -0.3 is 19.3 Å². The van der Waals surface area contributed by atoms with E-state index in [0.717, 1.165) is 4.90 Å². The van der Waals surface area contributed by atoms with E-state index in [1.807, 2.05) is 6.07 Å². The van der Waals surface area contributed by atoms with Crippen LogP contribution in [0.4, 0.5) is 5.69 Å². The first-order chi connectivity index (χ1) is 18.0. The van der Waals surface area contributed by atoms with Crippen molar-refractivity contribution in [3.63, 3.8) is 0 Å². The molecule has 0 aromatic heterocycles. The summed E-state index contributed by atoms with van der Waals surface area (Å²) in [5, 5.41) is 13.2. The molecule has 2 N–H and O–H groups in total. The number of carbonyl (C=O) groups excluding carboxylic acids is 3. The molecule has 2 amide bonds. The highest BCUT2D eigenvalue weighted by Gasteiger charge is 2.69. The first kappa shape index (κ1) is 23.1.